The fourth-order valence-electron chi connectivity index (χ4n) is 3.60. The fourth-order valence-corrected chi connectivity index (χ4v) is 3.60. The number of nitrogens with one attached hydrogen (secondary N) is 2. The Bertz CT molecular complexity index is 563. The van der Waals surface area contributed by atoms with Gasteiger partial charge in [-0.3, -0.25) is 0 Å². The van der Waals surface area contributed by atoms with Crippen molar-refractivity contribution in [2.24, 2.45) is 4.99 Å². The third-order valence-corrected chi connectivity index (χ3v) is 5.30. The van der Waals surface area contributed by atoms with Crippen LogP contribution >= 0.6 is 0 Å². The van der Waals surface area contributed by atoms with Crippen LogP contribution in [-0.2, 0) is 19.5 Å². The zero-order valence-corrected chi connectivity index (χ0v) is 17.8. The molecule has 1 aromatic heterocycles. The van der Waals surface area contributed by atoms with Gasteiger partial charge in [0.05, 0.1) is 0 Å². The second-order valence-corrected chi connectivity index (χ2v) is 7.40. The van der Waals surface area contributed by atoms with Crippen molar-refractivity contribution in [3.8, 4) is 0 Å². The summed E-state index contributed by atoms with van der Waals surface area (Å²) in [6.45, 7) is 14.7. The van der Waals surface area contributed by atoms with E-state index in [1.807, 2.05) is 0 Å². The Kier molecular flexibility index (Phi) is 9.59. The highest BCUT2D eigenvalue weighted by Gasteiger charge is 2.14. The molecule has 27 heavy (non-hydrogen) atoms. The summed E-state index contributed by atoms with van der Waals surface area (Å²) >= 11 is 0. The van der Waals surface area contributed by atoms with Crippen molar-refractivity contribution >= 4 is 5.96 Å². The van der Waals surface area contributed by atoms with Crippen LogP contribution < -0.4 is 10.6 Å². The van der Waals surface area contributed by atoms with Crippen LogP contribution in [0.4, 0.5) is 0 Å². The summed E-state index contributed by atoms with van der Waals surface area (Å²) in [6, 6.07) is 0.397. The first-order valence-corrected chi connectivity index (χ1v) is 10.9. The second-order valence-electron chi connectivity index (χ2n) is 7.40. The minimum absolute atomic E-state index is 0.397. The molecule has 1 unspecified atom stereocenters. The van der Waals surface area contributed by atoms with Crippen LogP contribution in [0.25, 0.3) is 0 Å². The molecule has 0 saturated heterocycles. The molecule has 0 radical (unpaired) electrons. The third kappa shape index (κ3) is 7.13. The van der Waals surface area contributed by atoms with E-state index in [1.54, 1.807) is 0 Å². The number of hydrogen-bond acceptors (Lipinski definition) is 4. The van der Waals surface area contributed by atoms with Crippen LogP contribution in [0.15, 0.2) is 4.99 Å². The van der Waals surface area contributed by atoms with Gasteiger partial charge in [-0.2, -0.15) is 0 Å². The number of hydrogen-bond donors (Lipinski definition) is 2. The number of aromatic nitrogens is 3. The van der Waals surface area contributed by atoms with Crippen LogP contribution in [-0.4, -0.2) is 57.8 Å². The Balaban J connectivity index is 1.87. The van der Waals surface area contributed by atoms with Crippen molar-refractivity contribution in [3.63, 3.8) is 0 Å². The van der Waals surface area contributed by atoms with Gasteiger partial charge in [0.25, 0.3) is 0 Å². The molecule has 0 spiro atoms. The van der Waals surface area contributed by atoms with Gasteiger partial charge in [0.1, 0.15) is 12.4 Å². The molecule has 0 aromatic carbocycles. The van der Waals surface area contributed by atoms with Crippen molar-refractivity contribution in [1.82, 2.24) is 30.3 Å². The lowest BCUT2D eigenvalue weighted by atomic mass is 10.2. The summed E-state index contributed by atoms with van der Waals surface area (Å²) in [5.74, 6) is 2.98. The maximum Gasteiger partial charge on any atom is 0.191 e. The van der Waals surface area contributed by atoms with Crippen molar-refractivity contribution in [2.75, 3.05) is 26.2 Å². The van der Waals surface area contributed by atoms with Crippen molar-refractivity contribution in [1.29, 1.82) is 0 Å². The smallest absolute Gasteiger partial charge is 0.191 e. The van der Waals surface area contributed by atoms with Gasteiger partial charge in [0.2, 0.25) is 0 Å². The first-order valence-electron chi connectivity index (χ1n) is 10.9. The zero-order valence-electron chi connectivity index (χ0n) is 17.8. The van der Waals surface area contributed by atoms with E-state index in [2.05, 4.69) is 58.0 Å². The lowest BCUT2D eigenvalue weighted by molar-refractivity contribution is 0.292. The van der Waals surface area contributed by atoms with Gasteiger partial charge in [-0.1, -0.05) is 20.3 Å². The Labute approximate surface area is 165 Å². The molecular formula is C20H39N7. The molecule has 1 atom stereocenters. The van der Waals surface area contributed by atoms with Gasteiger partial charge in [0.15, 0.2) is 11.8 Å². The molecule has 0 aliphatic carbocycles. The fraction of sp³-hybridized carbons (Fsp3) is 0.850. The summed E-state index contributed by atoms with van der Waals surface area (Å²) in [5, 5.41) is 15.7. The van der Waals surface area contributed by atoms with E-state index in [-0.39, 0.29) is 0 Å². The first-order chi connectivity index (χ1) is 13.2. The summed E-state index contributed by atoms with van der Waals surface area (Å²) in [4.78, 5) is 7.25. The highest BCUT2D eigenvalue weighted by molar-refractivity contribution is 5.79. The van der Waals surface area contributed by atoms with Crippen molar-refractivity contribution < 1.29 is 0 Å². The number of fused-ring (bicyclic) bond motifs is 1. The molecule has 1 aromatic rings. The zero-order chi connectivity index (χ0) is 19.5. The molecule has 0 bridgehead atoms. The quantitative estimate of drug-likeness (QED) is 0.484. The summed E-state index contributed by atoms with van der Waals surface area (Å²) in [7, 11) is 0. The Morgan fingerprint density at radius 3 is 2.74 bits per heavy atom. The number of rotatable bonds is 10. The molecule has 2 heterocycles. The Morgan fingerprint density at radius 2 is 2.00 bits per heavy atom. The summed E-state index contributed by atoms with van der Waals surface area (Å²) in [6.07, 6.45) is 7.09. The largest absolute Gasteiger partial charge is 0.357 e. The van der Waals surface area contributed by atoms with Crippen LogP contribution in [0.1, 0.15) is 71.4 Å². The highest BCUT2D eigenvalue weighted by atomic mass is 15.3. The van der Waals surface area contributed by atoms with E-state index in [0.717, 1.165) is 56.6 Å². The van der Waals surface area contributed by atoms with E-state index in [1.165, 1.54) is 32.2 Å². The van der Waals surface area contributed by atoms with Crippen LogP contribution in [0.2, 0.25) is 0 Å². The van der Waals surface area contributed by atoms with Crippen molar-refractivity contribution in [3.05, 3.63) is 11.6 Å². The van der Waals surface area contributed by atoms with Crippen LogP contribution in [0.3, 0.4) is 0 Å². The average Bonchev–Trinajstić information content (AvgIpc) is 2.89. The van der Waals surface area contributed by atoms with E-state index in [9.17, 15) is 0 Å². The molecule has 0 fully saturated rings. The topological polar surface area (TPSA) is 70.4 Å². The average molecular weight is 378 g/mol. The van der Waals surface area contributed by atoms with Gasteiger partial charge in [-0.05, 0) is 59.2 Å². The number of nitrogens with zero attached hydrogens (tertiary/aromatic N) is 5. The molecule has 1 aliphatic heterocycles. The number of guanidine groups is 1. The van der Waals surface area contributed by atoms with Gasteiger partial charge < -0.3 is 20.1 Å². The predicted octanol–water partition coefficient (Wildman–Crippen LogP) is 2.57. The van der Waals surface area contributed by atoms with E-state index >= 15 is 0 Å². The monoisotopic (exact) mass is 377 g/mol. The minimum Gasteiger partial charge on any atom is -0.357 e. The molecule has 154 valence electrons. The van der Waals surface area contributed by atoms with E-state index in [4.69, 9.17) is 4.99 Å². The van der Waals surface area contributed by atoms with Gasteiger partial charge >= 0.3 is 0 Å². The molecule has 0 saturated carbocycles. The summed E-state index contributed by atoms with van der Waals surface area (Å²) < 4.78 is 2.27. The highest BCUT2D eigenvalue weighted by Crippen LogP contribution is 2.14. The van der Waals surface area contributed by atoms with Gasteiger partial charge in [-0.25, -0.2) is 4.99 Å². The van der Waals surface area contributed by atoms with Gasteiger partial charge in [0, 0.05) is 25.6 Å². The number of aliphatic imine (C=N–C) groups is 1. The summed E-state index contributed by atoms with van der Waals surface area (Å²) in [5.41, 5.74) is 0. The van der Waals surface area contributed by atoms with E-state index in [0.29, 0.717) is 12.6 Å². The predicted molar refractivity (Wildman–Crippen MR) is 112 cm³/mol. The lowest BCUT2D eigenvalue weighted by Crippen LogP contribution is -2.42. The molecule has 2 N–H and O–H groups in total. The molecule has 1 aliphatic rings. The molecule has 0 amide bonds. The van der Waals surface area contributed by atoms with E-state index < -0.39 is 0 Å². The standard InChI is InChI=1S/C20H39N7/c1-5-21-20(23-17(4)12-11-14-26(6-2)7-3)22-16-19-25-24-18-13-9-8-10-15-27(18)19/h17H,5-16H2,1-4H3,(H2,21,22,23). The van der Waals surface area contributed by atoms with Gasteiger partial charge in [-0.15, -0.1) is 10.2 Å². The normalized spacial score (nSPS) is 16.1. The molecule has 7 nitrogen and oxygen atoms in total. The minimum atomic E-state index is 0.397. The van der Waals surface area contributed by atoms with Crippen LogP contribution in [0, 0.1) is 0 Å². The lowest BCUT2D eigenvalue weighted by Gasteiger charge is -2.21. The first kappa shape index (κ1) is 21.7. The SMILES string of the molecule is CCNC(=NCc1nnc2n1CCCCC2)NC(C)CCCN(CC)CC. The number of aryl methyl sites for hydroxylation is 1. The second kappa shape index (κ2) is 12.0. The van der Waals surface area contributed by atoms with Crippen LogP contribution in [0.5, 0.6) is 0 Å². The molecule has 7 heteroatoms. The molecule has 2 rings (SSSR count). The van der Waals surface area contributed by atoms with Crippen molar-refractivity contribution in [2.45, 2.75) is 85.4 Å². The maximum atomic E-state index is 4.77. The maximum absolute atomic E-state index is 4.77. The third-order valence-electron chi connectivity index (χ3n) is 5.30. The molecular weight excluding hydrogens is 338 g/mol. The Morgan fingerprint density at radius 1 is 1.19 bits per heavy atom. The Hall–Kier alpha value is -1.63.